The molecule has 0 aliphatic heterocycles. The fourth-order valence-corrected chi connectivity index (χ4v) is 1.55. The monoisotopic (exact) mass is 157 g/mol. The van der Waals surface area contributed by atoms with E-state index in [0.717, 1.165) is 6.42 Å². The standard InChI is InChI=1S/C7H11NOS/c8-6(5-9)4-7-2-1-3-10-7/h1-3,6,9H,4-5,8H2/t6-/m0/s1. The van der Waals surface area contributed by atoms with Gasteiger partial charge in [-0.1, -0.05) is 6.07 Å². The second kappa shape index (κ2) is 3.71. The molecule has 0 saturated carbocycles. The normalized spacial score (nSPS) is 13.4. The van der Waals surface area contributed by atoms with Crippen molar-refractivity contribution in [3.63, 3.8) is 0 Å². The lowest BCUT2D eigenvalue weighted by molar-refractivity contribution is 0.266. The maximum Gasteiger partial charge on any atom is 0.0586 e. The fraction of sp³-hybridized carbons (Fsp3) is 0.429. The second-order valence-corrected chi connectivity index (χ2v) is 3.26. The largest absolute Gasteiger partial charge is 0.395 e. The summed E-state index contributed by atoms with van der Waals surface area (Å²) in [5.41, 5.74) is 5.52. The molecule has 0 unspecified atom stereocenters. The molecule has 3 heteroatoms. The third kappa shape index (κ3) is 2.10. The Balaban J connectivity index is 2.40. The van der Waals surface area contributed by atoms with E-state index in [1.165, 1.54) is 4.88 Å². The third-order valence-corrected chi connectivity index (χ3v) is 2.18. The topological polar surface area (TPSA) is 46.2 Å². The van der Waals surface area contributed by atoms with Gasteiger partial charge in [0, 0.05) is 10.9 Å². The zero-order valence-corrected chi connectivity index (χ0v) is 6.47. The summed E-state index contributed by atoms with van der Waals surface area (Å²) in [5, 5.41) is 10.6. The zero-order valence-electron chi connectivity index (χ0n) is 5.66. The molecule has 0 saturated heterocycles. The summed E-state index contributed by atoms with van der Waals surface area (Å²) in [5.74, 6) is 0. The molecule has 1 aromatic heterocycles. The van der Waals surface area contributed by atoms with Crippen LogP contribution in [0, 0.1) is 0 Å². The maximum absolute atomic E-state index is 8.61. The van der Waals surface area contributed by atoms with Crippen LogP contribution in [-0.4, -0.2) is 17.8 Å². The smallest absolute Gasteiger partial charge is 0.0586 e. The summed E-state index contributed by atoms with van der Waals surface area (Å²) in [6.45, 7) is 0.0674. The van der Waals surface area contributed by atoms with E-state index in [1.54, 1.807) is 11.3 Å². The zero-order chi connectivity index (χ0) is 7.40. The van der Waals surface area contributed by atoms with Crippen molar-refractivity contribution in [2.45, 2.75) is 12.5 Å². The average Bonchev–Trinajstić information content (AvgIpc) is 2.40. The lowest BCUT2D eigenvalue weighted by Crippen LogP contribution is -2.26. The van der Waals surface area contributed by atoms with E-state index in [1.807, 2.05) is 17.5 Å². The highest BCUT2D eigenvalue weighted by Gasteiger charge is 2.01. The molecule has 56 valence electrons. The van der Waals surface area contributed by atoms with Crippen LogP contribution in [0.2, 0.25) is 0 Å². The molecule has 0 bridgehead atoms. The Hall–Kier alpha value is -0.380. The van der Waals surface area contributed by atoms with Gasteiger partial charge in [-0.15, -0.1) is 11.3 Å². The molecule has 1 aromatic rings. The number of hydrogen-bond donors (Lipinski definition) is 2. The highest BCUT2D eigenvalue weighted by atomic mass is 32.1. The summed E-state index contributed by atoms with van der Waals surface area (Å²) in [6.07, 6.45) is 0.786. The Morgan fingerprint density at radius 1 is 1.70 bits per heavy atom. The van der Waals surface area contributed by atoms with E-state index in [9.17, 15) is 0 Å². The molecule has 3 N–H and O–H groups in total. The van der Waals surface area contributed by atoms with Crippen LogP contribution in [0.5, 0.6) is 0 Å². The minimum Gasteiger partial charge on any atom is -0.395 e. The Kier molecular flexibility index (Phi) is 2.86. The SMILES string of the molecule is N[C@H](CO)Cc1cccs1. The van der Waals surface area contributed by atoms with Crippen molar-refractivity contribution in [1.29, 1.82) is 0 Å². The van der Waals surface area contributed by atoms with Crippen molar-refractivity contribution in [1.82, 2.24) is 0 Å². The van der Waals surface area contributed by atoms with Crippen LogP contribution in [0.1, 0.15) is 4.88 Å². The highest BCUT2D eigenvalue weighted by molar-refractivity contribution is 7.09. The molecule has 0 fully saturated rings. The minimum atomic E-state index is -0.0985. The minimum absolute atomic E-state index is 0.0674. The Bertz CT molecular complexity index is 174. The van der Waals surface area contributed by atoms with Crippen molar-refractivity contribution in [2.24, 2.45) is 5.73 Å². The summed E-state index contributed by atoms with van der Waals surface area (Å²) in [6, 6.07) is 3.92. The van der Waals surface area contributed by atoms with Gasteiger partial charge in [-0.2, -0.15) is 0 Å². The molecule has 10 heavy (non-hydrogen) atoms. The predicted octanol–water partition coefficient (Wildman–Crippen LogP) is 0.610. The molecule has 0 spiro atoms. The van der Waals surface area contributed by atoms with Gasteiger partial charge in [0.25, 0.3) is 0 Å². The maximum atomic E-state index is 8.61. The van der Waals surface area contributed by atoms with Crippen LogP contribution in [0.25, 0.3) is 0 Å². The highest BCUT2D eigenvalue weighted by Crippen LogP contribution is 2.09. The Morgan fingerprint density at radius 3 is 3.00 bits per heavy atom. The molecule has 0 radical (unpaired) electrons. The predicted molar refractivity (Wildman–Crippen MR) is 43.1 cm³/mol. The van der Waals surface area contributed by atoms with E-state index in [2.05, 4.69) is 0 Å². The van der Waals surface area contributed by atoms with Gasteiger partial charge in [0.2, 0.25) is 0 Å². The van der Waals surface area contributed by atoms with Crippen LogP contribution >= 0.6 is 11.3 Å². The van der Waals surface area contributed by atoms with Crippen molar-refractivity contribution < 1.29 is 5.11 Å². The van der Waals surface area contributed by atoms with Gasteiger partial charge >= 0.3 is 0 Å². The molecular formula is C7H11NOS. The molecule has 0 amide bonds. The van der Waals surface area contributed by atoms with Gasteiger partial charge < -0.3 is 10.8 Å². The summed E-state index contributed by atoms with van der Waals surface area (Å²) < 4.78 is 0. The lowest BCUT2D eigenvalue weighted by Gasteiger charge is -2.03. The molecule has 0 aromatic carbocycles. The number of rotatable bonds is 3. The van der Waals surface area contributed by atoms with E-state index >= 15 is 0 Å². The van der Waals surface area contributed by atoms with Crippen LogP contribution in [0.4, 0.5) is 0 Å². The summed E-state index contributed by atoms with van der Waals surface area (Å²) in [4.78, 5) is 1.24. The first-order chi connectivity index (χ1) is 4.83. The number of aliphatic hydroxyl groups excluding tert-OH is 1. The first kappa shape index (κ1) is 7.72. The van der Waals surface area contributed by atoms with E-state index in [-0.39, 0.29) is 12.6 Å². The third-order valence-electron chi connectivity index (χ3n) is 1.28. The van der Waals surface area contributed by atoms with Crippen LogP contribution in [0.15, 0.2) is 17.5 Å². The summed E-state index contributed by atoms with van der Waals surface area (Å²) in [7, 11) is 0. The Morgan fingerprint density at radius 2 is 2.50 bits per heavy atom. The molecule has 1 heterocycles. The fourth-order valence-electron chi connectivity index (χ4n) is 0.752. The molecule has 2 nitrogen and oxygen atoms in total. The van der Waals surface area contributed by atoms with Crippen molar-refractivity contribution in [2.75, 3.05) is 6.61 Å². The molecular weight excluding hydrogens is 146 g/mol. The number of nitrogens with two attached hydrogens (primary N) is 1. The van der Waals surface area contributed by atoms with Gasteiger partial charge in [-0.3, -0.25) is 0 Å². The van der Waals surface area contributed by atoms with Gasteiger partial charge in [0.15, 0.2) is 0 Å². The van der Waals surface area contributed by atoms with Crippen LogP contribution in [-0.2, 0) is 6.42 Å². The van der Waals surface area contributed by atoms with E-state index < -0.39 is 0 Å². The Labute approximate surface area is 64.3 Å². The van der Waals surface area contributed by atoms with Gasteiger partial charge in [0.05, 0.1) is 6.61 Å². The van der Waals surface area contributed by atoms with E-state index in [4.69, 9.17) is 10.8 Å². The quantitative estimate of drug-likeness (QED) is 0.675. The number of aliphatic hydroxyl groups is 1. The second-order valence-electron chi connectivity index (χ2n) is 2.23. The lowest BCUT2D eigenvalue weighted by atomic mass is 10.2. The van der Waals surface area contributed by atoms with E-state index in [0.29, 0.717) is 0 Å². The molecule has 1 rings (SSSR count). The van der Waals surface area contributed by atoms with Gasteiger partial charge in [-0.25, -0.2) is 0 Å². The number of thiophene rings is 1. The first-order valence-electron chi connectivity index (χ1n) is 3.21. The van der Waals surface area contributed by atoms with Crippen LogP contribution < -0.4 is 5.73 Å². The van der Waals surface area contributed by atoms with Crippen LogP contribution in [0.3, 0.4) is 0 Å². The first-order valence-corrected chi connectivity index (χ1v) is 4.09. The van der Waals surface area contributed by atoms with Crippen molar-refractivity contribution >= 4 is 11.3 Å². The van der Waals surface area contributed by atoms with Gasteiger partial charge in [-0.05, 0) is 17.9 Å². The average molecular weight is 157 g/mol. The van der Waals surface area contributed by atoms with Gasteiger partial charge in [0.1, 0.15) is 0 Å². The van der Waals surface area contributed by atoms with Crippen molar-refractivity contribution in [3.05, 3.63) is 22.4 Å². The molecule has 1 atom stereocenters. The number of hydrogen-bond acceptors (Lipinski definition) is 3. The van der Waals surface area contributed by atoms with Crippen molar-refractivity contribution in [3.8, 4) is 0 Å². The molecule has 0 aliphatic rings. The summed E-state index contributed by atoms with van der Waals surface area (Å²) >= 11 is 1.68. The molecule has 0 aliphatic carbocycles.